The average molecular weight is 290 g/mol. The van der Waals surface area contributed by atoms with E-state index < -0.39 is 5.82 Å². The van der Waals surface area contributed by atoms with E-state index in [0.29, 0.717) is 18.7 Å². The van der Waals surface area contributed by atoms with Crippen LogP contribution in [0.15, 0.2) is 30.6 Å². The summed E-state index contributed by atoms with van der Waals surface area (Å²) in [4.78, 5) is 16.2. The van der Waals surface area contributed by atoms with Crippen LogP contribution in [0, 0.1) is 5.82 Å². The van der Waals surface area contributed by atoms with Gasteiger partial charge in [-0.15, -0.1) is 0 Å². The molecular formula is C15H19FN4O. The molecular weight excluding hydrogens is 271 g/mol. The first-order valence-corrected chi connectivity index (χ1v) is 6.95. The number of imidazole rings is 1. The van der Waals surface area contributed by atoms with Crippen molar-refractivity contribution in [3.8, 4) is 0 Å². The van der Waals surface area contributed by atoms with Crippen LogP contribution in [0.25, 0.3) is 0 Å². The molecule has 0 unspecified atom stereocenters. The molecule has 0 aliphatic heterocycles. The van der Waals surface area contributed by atoms with Crippen LogP contribution in [0.1, 0.15) is 25.6 Å². The van der Waals surface area contributed by atoms with Gasteiger partial charge in [0.05, 0.1) is 5.69 Å². The quantitative estimate of drug-likeness (QED) is 0.803. The van der Waals surface area contributed by atoms with Crippen LogP contribution >= 0.6 is 0 Å². The molecule has 1 aromatic heterocycles. The van der Waals surface area contributed by atoms with E-state index in [-0.39, 0.29) is 11.6 Å². The zero-order chi connectivity index (χ0) is 15.2. The van der Waals surface area contributed by atoms with Gasteiger partial charge in [-0.1, -0.05) is 6.92 Å². The first-order valence-electron chi connectivity index (χ1n) is 6.95. The number of nitrogens with zero attached hydrogens (tertiary/aromatic N) is 2. The van der Waals surface area contributed by atoms with Crippen molar-refractivity contribution in [2.24, 2.45) is 0 Å². The number of halogens is 1. The van der Waals surface area contributed by atoms with Crippen molar-refractivity contribution < 1.29 is 9.18 Å². The number of benzene rings is 1. The Morgan fingerprint density at radius 2 is 2.29 bits per heavy atom. The highest BCUT2D eigenvalue weighted by atomic mass is 19.1. The minimum absolute atomic E-state index is 0.0210. The number of rotatable bonds is 6. The van der Waals surface area contributed by atoms with Gasteiger partial charge in [-0.2, -0.15) is 0 Å². The highest BCUT2D eigenvalue weighted by Gasteiger charge is 2.07. The second-order valence-electron chi connectivity index (χ2n) is 4.82. The fraction of sp³-hybridized carbons (Fsp3) is 0.333. The van der Waals surface area contributed by atoms with Gasteiger partial charge in [-0.3, -0.25) is 4.79 Å². The number of carbonyl (C=O) groups is 1. The van der Waals surface area contributed by atoms with Gasteiger partial charge in [0.25, 0.3) is 0 Å². The summed E-state index contributed by atoms with van der Waals surface area (Å²) < 4.78 is 15.0. The molecule has 5 nitrogen and oxygen atoms in total. The van der Waals surface area contributed by atoms with Gasteiger partial charge in [0, 0.05) is 37.5 Å². The lowest BCUT2D eigenvalue weighted by Gasteiger charge is -2.09. The molecule has 0 saturated carbocycles. The molecule has 2 aromatic rings. The minimum atomic E-state index is -0.490. The molecule has 112 valence electrons. The van der Waals surface area contributed by atoms with Gasteiger partial charge < -0.3 is 15.6 Å². The molecule has 6 heteroatoms. The third-order valence-electron chi connectivity index (χ3n) is 3.13. The smallest absolute Gasteiger partial charge is 0.226 e. The second-order valence-corrected chi connectivity index (χ2v) is 4.82. The Hall–Kier alpha value is -2.37. The highest BCUT2D eigenvalue weighted by molar-refractivity contribution is 5.91. The number of anilines is 2. The van der Waals surface area contributed by atoms with Crippen molar-refractivity contribution in [2.45, 2.75) is 32.7 Å². The maximum absolute atomic E-state index is 13.0. The first kappa shape index (κ1) is 15.0. The normalized spacial score (nSPS) is 10.6. The van der Waals surface area contributed by atoms with Crippen LogP contribution in [0.5, 0.6) is 0 Å². The number of carbonyl (C=O) groups excluding carboxylic acids is 1. The summed E-state index contributed by atoms with van der Waals surface area (Å²) in [7, 11) is 0. The first-order chi connectivity index (χ1) is 10.1. The maximum atomic E-state index is 13.0. The Kier molecular flexibility index (Phi) is 4.92. The number of amides is 1. The lowest BCUT2D eigenvalue weighted by Crippen LogP contribution is -2.15. The second kappa shape index (κ2) is 6.88. The monoisotopic (exact) mass is 290 g/mol. The molecule has 0 spiro atoms. The molecule has 1 aromatic carbocycles. The Morgan fingerprint density at radius 1 is 1.48 bits per heavy atom. The topological polar surface area (TPSA) is 72.9 Å². The van der Waals surface area contributed by atoms with Crippen LogP contribution < -0.4 is 11.1 Å². The zero-order valence-electron chi connectivity index (χ0n) is 12.0. The predicted molar refractivity (Wildman–Crippen MR) is 80.3 cm³/mol. The summed E-state index contributed by atoms with van der Waals surface area (Å²) >= 11 is 0. The number of aromatic nitrogens is 2. The summed E-state index contributed by atoms with van der Waals surface area (Å²) in [5, 5.41) is 2.70. The largest absolute Gasteiger partial charge is 0.396 e. The molecule has 2 rings (SSSR count). The standard InChI is InChI=1S/C15H19FN4O/c1-2-3-14-18-7-9-20(14)8-6-15(21)19-11-4-5-12(16)13(17)10-11/h4-5,7,9-10H,2-3,6,8,17H2,1H3,(H,19,21). The summed E-state index contributed by atoms with van der Waals surface area (Å²) in [6.45, 7) is 2.66. The molecule has 0 saturated heterocycles. The number of hydrogen-bond acceptors (Lipinski definition) is 3. The van der Waals surface area contributed by atoms with E-state index in [4.69, 9.17) is 5.73 Å². The van der Waals surface area contributed by atoms with E-state index in [2.05, 4.69) is 17.2 Å². The van der Waals surface area contributed by atoms with Crippen molar-refractivity contribution in [1.82, 2.24) is 9.55 Å². The van der Waals surface area contributed by atoms with E-state index >= 15 is 0 Å². The van der Waals surface area contributed by atoms with E-state index in [1.807, 2.05) is 10.8 Å². The van der Waals surface area contributed by atoms with Crippen molar-refractivity contribution in [3.05, 3.63) is 42.2 Å². The maximum Gasteiger partial charge on any atom is 0.226 e. The molecule has 0 fully saturated rings. The lowest BCUT2D eigenvalue weighted by atomic mass is 10.2. The Morgan fingerprint density at radius 3 is 3.00 bits per heavy atom. The van der Waals surface area contributed by atoms with Crippen LogP contribution in [0.2, 0.25) is 0 Å². The van der Waals surface area contributed by atoms with Gasteiger partial charge in [-0.05, 0) is 24.6 Å². The fourth-order valence-electron chi connectivity index (χ4n) is 2.06. The summed E-state index contributed by atoms with van der Waals surface area (Å²) in [5.41, 5.74) is 5.98. The number of nitrogens with one attached hydrogen (secondary N) is 1. The molecule has 0 aliphatic carbocycles. The highest BCUT2D eigenvalue weighted by Crippen LogP contribution is 2.16. The van der Waals surface area contributed by atoms with E-state index in [0.717, 1.165) is 18.7 Å². The molecule has 1 heterocycles. The summed E-state index contributed by atoms with van der Waals surface area (Å²) in [6, 6.07) is 4.14. The third-order valence-corrected chi connectivity index (χ3v) is 3.13. The number of aryl methyl sites for hydroxylation is 2. The van der Waals surface area contributed by atoms with Gasteiger partial charge >= 0.3 is 0 Å². The minimum Gasteiger partial charge on any atom is -0.396 e. The SMILES string of the molecule is CCCc1nccn1CCC(=O)Nc1ccc(F)c(N)c1. The van der Waals surface area contributed by atoms with Crippen molar-refractivity contribution in [1.29, 1.82) is 0 Å². The number of hydrogen-bond donors (Lipinski definition) is 2. The summed E-state index contributed by atoms with van der Waals surface area (Å²) in [5.74, 6) is 0.351. The molecule has 0 aliphatic rings. The number of nitrogens with two attached hydrogens (primary N) is 1. The van der Waals surface area contributed by atoms with E-state index in [9.17, 15) is 9.18 Å². The third kappa shape index (κ3) is 4.05. The van der Waals surface area contributed by atoms with Gasteiger partial charge in [0.1, 0.15) is 11.6 Å². The van der Waals surface area contributed by atoms with Crippen LogP contribution in [-0.2, 0) is 17.8 Å². The van der Waals surface area contributed by atoms with Gasteiger partial charge in [0.2, 0.25) is 5.91 Å². The molecule has 21 heavy (non-hydrogen) atoms. The van der Waals surface area contributed by atoms with Crippen molar-refractivity contribution in [3.63, 3.8) is 0 Å². The van der Waals surface area contributed by atoms with Gasteiger partial charge in [-0.25, -0.2) is 9.37 Å². The Balaban J connectivity index is 1.89. The van der Waals surface area contributed by atoms with Crippen LogP contribution in [-0.4, -0.2) is 15.5 Å². The average Bonchev–Trinajstić information content (AvgIpc) is 2.89. The molecule has 0 atom stereocenters. The molecule has 1 amide bonds. The lowest BCUT2D eigenvalue weighted by molar-refractivity contribution is -0.116. The Labute approximate surface area is 123 Å². The van der Waals surface area contributed by atoms with E-state index in [1.165, 1.54) is 18.2 Å². The van der Waals surface area contributed by atoms with Gasteiger partial charge in [0.15, 0.2) is 0 Å². The van der Waals surface area contributed by atoms with Crippen molar-refractivity contribution >= 4 is 17.3 Å². The van der Waals surface area contributed by atoms with Crippen LogP contribution in [0.4, 0.5) is 15.8 Å². The predicted octanol–water partition coefficient (Wildman–Crippen LogP) is 2.59. The van der Waals surface area contributed by atoms with E-state index in [1.54, 1.807) is 6.20 Å². The molecule has 0 radical (unpaired) electrons. The zero-order valence-corrected chi connectivity index (χ0v) is 12.0. The summed E-state index contributed by atoms with van der Waals surface area (Å²) in [6.07, 6.45) is 5.84. The number of nitrogen functional groups attached to an aromatic ring is 1. The molecule has 3 N–H and O–H groups in total. The fourth-order valence-corrected chi connectivity index (χ4v) is 2.06. The van der Waals surface area contributed by atoms with Crippen molar-refractivity contribution in [2.75, 3.05) is 11.1 Å². The molecule has 0 bridgehead atoms. The van der Waals surface area contributed by atoms with Crippen LogP contribution in [0.3, 0.4) is 0 Å². The Bertz CT molecular complexity index is 624.